The SMILES string of the molecule is CCN1CCN(C(C)CNC(=NC)NCC(C)C)CC1. The highest BCUT2D eigenvalue weighted by Gasteiger charge is 2.20. The average Bonchev–Trinajstić information content (AvgIpc) is 2.47. The van der Waals surface area contributed by atoms with Crippen molar-refractivity contribution in [3.05, 3.63) is 0 Å². The third-order valence-corrected chi connectivity index (χ3v) is 3.94. The van der Waals surface area contributed by atoms with E-state index < -0.39 is 0 Å². The molecule has 1 atom stereocenters. The Balaban J connectivity index is 2.26. The third-order valence-electron chi connectivity index (χ3n) is 3.94. The van der Waals surface area contributed by atoms with Crippen LogP contribution in [0.4, 0.5) is 0 Å². The number of hydrogen-bond donors (Lipinski definition) is 2. The van der Waals surface area contributed by atoms with Crippen LogP contribution in [0.3, 0.4) is 0 Å². The van der Waals surface area contributed by atoms with Crippen molar-refractivity contribution in [2.45, 2.75) is 33.7 Å². The minimum atomic E-state index is 0.548. The predicted octanol–water partition coefficient (Wildman–Crippen LogP) is 0.833. The van der Waals surface area contributed by atoms with Crippen molar-refractivity contribution in [3.63, 3.8) is 0 Å². The highest BCUT2D eigenvalue weighted by molar-refractivity contribution is 5.79. The molecular formula is C15H33N5. The fourth-order valence-corrected chi connectivity index (χ4v) is 2.42. The van der Waals surface area contributed by atoms with Crippen LogP contribution in [0.15, 0.2) is 4.99 Å². The van der Waals surface area contributed by atoms with E-state index in [9.17, 15) is 0 Å². The van der Waals surface area contributed by atoms with Crippen LogP contribution in [0.2, 0.25) is 0 Å². The fraction of sp³-hybridized carbons (Fsp3) is 0.933. The molecule has 0 aromatic rings. The molecule has 0 spiro atoms. The van der Waals surface area contributed by atoms with Crippen LogP contribution in [0, 0.1) is 5.92 Å². The van der Waals surface area contributed by atoms with E-state index in [1.807, 2.05) is 7.05 Å². The summed E-state index contributed by atoms with van der Waals surface area (Å²) in [5.41, 5.74) is 0. The van der Waals surface area contributed by atoms with Gasteiger partial charge in [-0.2, -0.15) is 0 Å². The number of hydrogen-bond acceptors (Lipinski definition) is 3. The summed E-state index contributed by atoms with van der Waals surface area (Å²) in [5.74, 6) is 1.55. The minimum Gasteiger partial charge on any atom is -0.356 e. The van der Waals surface area contributed by atoms with Gasteiger partial charge in [0.1, 0.15) is 0 Å². The summed E-state index contributed by atoms with van der Waals surface area (Å²) >= 11 is 0. The van der Waals surface area contributed by atoms with Gasteiger partial charge in [0.25, 0.3) is 0 Å². The largest absolute Gasteiger partial charge is 0.356 e. The molecule has 0 bridgehead atoms. The van der Waals surface area contributed by atoms with Gasteiger partial charge < -0.3 is 15.5 Å². The number of nitrogens with one attached hydrogen (secondary N) is 2. The topological polar surface area (TPSA) is 42.9 Å². The van der Waals surface area contributed by atoms with Gasteiger partial charge in [0.2, 0.25) is 0 Å². The first-order valence-electron chi connectivity index (χ1n) is 7.97. The Kier molecular flexibility index (Phi) is 7.92. The first-order valence-corrected chi connectivity index (χ1v) is 7.97. The lowest BCUT2D eigenvalue weighted by Gasteiger charge is -2.37. The van der Waals surface area contributed by atoms with Crippen LogP contribution in [-0.2, 0) is 0 Å². The standard InChI is InChI=1S/C15H33N5/c1-6-19-7-9-20(10-8-19)14(4)12-18-15(16-5)17-11-13(2)3/h13-14H,6-12H2,1-5H3,(H2,16,17,18). The van der Waals surface area contributed by atoms with E-state index in [-0.39, 0.29) is 0 Å². The Bertz CT molecular complexity index is 282. The number of aliphatic imine (C=N–C) groups is 1. The van der Waals surface area contributed by atoms with Crippen molar-refractivity contribution in [1.82, 2.24) is 20.4 Å². The maximum atomic E-state index is 4.27. The van der Waals surface area contributed by atoms with Gasteiger partial charge in [-0.25, -0.2) is 0 Å². The monoisotopic (exact) mass is 283 g/mol. The Morgan fingerprint density at radius 1 is 1.05 bits per heavy atom. The van der Waals surface area contributed by atoms with Crippen molar-refractivity contribution in [2.24, 2.45) is 10.9 Å². The molecule has 0 saturated carbocycles. The number of guanidine groups is 1. The summed E-state index contributed by atoms with van der Waals surface area (Å²) in [7, 11) is 1.83. The maximum absolute atomic E-state index is 4.27. The zero-order valence-corrected chi connectivity index (χ0v) is 13.9. The molecule has 1 aliphatic heterocycles. The Morgan fingerprint density at radius 2 is 1.65 bits per heavy atom. The summed E-state index contributed by atoms with van der Waals surface area (Å²) < 4.78 is 0. The molecule has 1 rings (SSSR count). The first-order chi connectivity index (χ1) is 9.56. The number of piperazine rings is 1. The molecule has 20 heavy (non-hydrogen) atoms. The molecule has 0 radical (unpaired) electrons. The number of nitrogens with zero attached hydrogens (tertiary/aromatic N) is 3. The predicted molar refractivity (Wildman–Crippen MR) is 87.4 cm³/mol. The van der Waals surface area contributed by atoms with E-state index in [2.05, 4.69) is 53.1 Å². The van der Waals surface area contributed by atoms with Crippen LogP contribution >= 0.6 is 0 Å². The molecule has 0 aromatic heterocycles. The molecule has 0 amide bonds. The van der Waals surface area contributed by atoms with Crippen molar-refractivity contribution >= 4 is 5.96 Å². The molecule has 0 aliphatic carbocycles. The molecule has 118 valence electrons. The van der Waals surface area contributed by atoms with E-state index in [0.717, 1.165) is 19.0 Å². The van der Waals surface area contributed by atoms with Gasteiger partial charge in [0.15, 0.2) is 5.96 Å². The van der Waals surface area contributed by atoms with Gasteiger partial charge in [0, 0.05) is 52.4 Å². The number of likely N-dealkylation sites (N-methyl/N-ethyl adjacent to an activating group) is 1. The zero-order chi connectivity index (χ0) is 15.0. The quantitative estimate of drug-likeness (QED) is 0.560. The summed E-state index contributed by atoms with van der Waals surface area (Å²) in [6.07, 6.45) is 0. The van der Waals surface area contributed by atoms with E-state index in [4.69, 9.17) is 0 Å². The molecule has 0 aromatic carbocycles. The summed E-state index contributed by atoms with van der Waals surface area (Å²) in [6, 6.07) is 0.548. The van der Waals surface area contributed by atoms with Gasteiger partial charge in [-0.05, 0) is 19.4 Å². The molecular weight excluding hydrogens is 250 g/mol. The van der Waals surface area contributed by atoms with Crippen LogP contribution in [0.1, 0.15) is 27.7 Å². The van der Waals surface area contributed by atoms with Crippen molar-refractivity contribution < 1.29 is 0 Å². The normalized spacial score (nSPS) is 20.2. The van der Waals surface area contributed by atoms with E-state index in [0.29, 0.717) is 12.0 Å². The smallest absolute Gasteiger partial charge is 0.191 e. The van der Waals surface area contributed by atoms with Crippen molar-refractivity contribution in [1.29, 1.82) is 0 Å². The van der Waals surface area contributed by atoms with Crippen LogP contribution in [0.25, 0.3) is 0 Å². The Labute approximate surface area is 124 Å². The molecule has 5 nitrogen and oxygen atoms in total. The molecule has 1 fully saturated rings. The molecule has 1 aliphatic rings. The molecule has 1 saturated heterocycles. The second kappa shape index (κ2) is 9.19. The lowest BCUT2D eigenvalue weighted by Crippen LogP contribution is -2.53. The highest BCUT2D eigenvalue weighted by Crippen LogP contribution is 2.05. The van der Waals surface area contributed by atoms with Gasteiger partial charge in [-0.1, -0.05) is 20.8 Å². The van der Waals surface area contributed by atoms with Crippen LogP contribution in [-0.4, -0.2) is 74.7 Å². The average molecular weight is 283 g/mol. The van der Waals surface area contributed by atoms with Gasteiger partial charge in [-0.3, -0.25) is 9.89 Å². The van der Waals surface area contributed by atoms with Gasteiger partial charge in [-0.15, -0.1) is 0 Å². The van der Waals surface area contributed by atoms with E-state index in [1.165, 1.54) is 32.7 Å². The second-order valence-corrected chi connectivity index (χ2v) is 6.05. The molecule has 2 N–H and O–H groups in total. The Hall–Kier alpha value is -0.810. The van der Waals surface area contributed by atoms with E-state index in [1.54, 1.807) is 0 Å². The fourth-order valence-electron chi connectivity index (χ4n) is 2.42. The van der Waals surface area contributed by atoms with Crippen molar-refractivity contribution in [2.75, 3.05) is 52.9 Å². The first kappa shape index (κ1) is 17.2. The minimum absolute atomic E-state index is 0.548. The molecule has 1 heterocycles. The van der Waals surface area contributed by atoms with Crippen LogP contribution in [0.5, 0.6) is 0 Å². The van der Waals surface area contributed by atoms with Gasteiger partial charge in [0.05, 0.1) is 0 Å². The highest BCUT2D eigenvalue weighted by atomic mass is 15.3. The molecule has 5 heteroatoms. The van der Waals surface area contributed by atoms with E-state index >= 15 is 0 Å². The molecule has 1 unspecified atom stereocenters. The zero-order valence-electron chi connectivity index (χ0n) is 13.9. The third kappa shape index (κ3) is 6.09. The summed E-state index contributed by atoms with van der Waals surface area (Å²) in [4.78, 5) is 9.35. The number of rotatable bonds is 6. The maximum Gasteiger partial charge on any atom is 0.191 e. The summed E-state index contributed by atoms with van der Waals surface area (Å²) in [6.45, 7) is 16.8. The van der Waals surface area contributed by atoms with Crippen LogP contribution < -0.4 is 10.6 Å². The summed E-state index contributed by atoms with van der Waals surface area (Å²) in [5, 5.41) is 6.79. The lowest BCUT2D eigenvalue weighted by atomic mass is 10.2. The second-order valence-electron chi connectivity index (χ2n) is 6.05. The van der Waals surface area contributed by atoms with Gasteiger partial charge >= 0.3 is 0 Å². The Morgan fingerprint density at radius 3 is 2.15 bits per heavy atom. The van der Waals surface area contributed by atoms with Crippen molar-refractivity contribution in [3.8, 4) is 0 Å². The lowest BCUT2D eigenvalue weighted by molar-refractivity contribution is 0.107.